The van der Waals surface area contributed by atoms with Crippen molar-refractivity contribution >= 4 is 27.4 Å². The number of carbonyl (C=O) groups is 1. The number of hydrogen-bond donors (Lipinski definition) is 0. The smallest absolute Gasteiger partial charge is 0.308 e. The van der Waals surface area contributed by atoms with Gasteiger partial charge in [0.2, 0.25) is 9.84 Å². The molecule has 0 saturated heterocycles. The van der Waals surface area contributed by atoms with Gasteiger partial charge in [-0.3, -0.25) is 4.79 Å². The number of carbonyl (C=O) groups excluding carboxylic acids is 1. The van der Waals surface area contributed by atoms with Crippen LogP contribution in [0.3, 0.4) is 0 Å². The maximum absolute atomic E-state index is 12.7. The number of esters is 1. The van der Waals surface area contributed by atoms with E-state index < -0.39 is 15.8 Å². The predicted molar refractivity (Wildman–Crippen MR) is 100 cm³/mol. The van der Waals surface area contributed by atoms with E-state index in [1.807, 2.05) is 0 Å². The van der Waals surface area contributed by atoms with Crippen LogP contribution >= 0.6 is 11.6 Å². The van der Waals surface area contributed by atoms with E-state index in [2.05, 4.69) is 0 Å². The molecular formula is C20H15ClO4S. The number of ether oxygens (including phenoxy) is 1. The highest BCUT2D eigenvalue weighted by atomic mass is 35.5. The summed E-state index contributed by atoms with van der Waals surface area (Å²) in [7, 11) is -3.59. The second-order valence-corrected chi connectivity index (χ2v) is 7.96. The fourth-order valence-corrected chi connectivity index (χ4v) is 3.98. The fraction of sp³-hybridized carbons (Fsp3) is 0.0500. The summed E-state index contributed by atoms with van der Waals surface area (Å²) in [5, 5.41) is 0.483. The molecule has 26 heavy (non-hydrogen) atoms. The maximum Gasteiger partial charge on any atom is 0.308 e. The van der Waals surface area contributed by atoms with E-state index in [9.17, 15) is 13.2 Å². The Morgan fingerprint density at radius 3 is 2.12 bits per heavy atom. The molecule has 6 heteroatoms. The van der Waals surface area contributed by atoms with Crippen molar-refractivity contribution in [3.63, 3.8) is 0 Å². The standard InChI is InChI=1S/C20H15ClO4S/c1-14(22)25-20-12-9-16(21)13-19(20)15-7-10-18(11-8-15)26(23,24)17-5-3-2-4-6-17/h2-13H,1H3. The first-order valence-electron chi connectivity index (χ1n) is 7.76. The van der Waals surface area contributed by atoms with Crippen LogP contribution in [0.5, 0.6) is 5.75 Å². The quantitative estimate of drug-likeness (QED) is 0.479. The summed E-state index contributed by atoms with van der Waals surface area (Å²) in [5.41, 5.74) is 1.30. The second-order valence-electron chi connectivity index (χ2n) is 5.57. The molecule has 0 radical (unpaired) electrons. The molecule has 3 aromatic rings. The topological polar surface area (TPSA) is 60.4 Å². The second kappa shape index (κ2) is 7.32. The molecule has 3 aromatic carbocycles. The Hall–Kier alpha value is -2.63. The van der Waals surface area contributed by atoms with Gasteiger partial charge in [-0.1, -0.05) is 41.9 Å². The molecule has 0 heterocycles. The summed E-state index contributed by atoms with van der Waals surface area (Å²) < 4.78 is 30.5. The summed E-state index contributed by atoms with van der Waals surface area (Å²) in [6, 6.07) is 19.5. The SMILES string of the molecule is CC(=O)Oc1ccc(Cl)cc1-c1ccc(S(=O)(=O)c2ccccc2)cc1. The first kappa shape index (κ1) is 18.2. The van der Waals surface area contributed by atoms with Gasteiger partial charge in [-0.25, -0.2) is 8.42 Å². The van der Waals surface area contributed by atoms with Gasteiger partial charge in [0.1, 0.15) is 5.75 Å². The van der Waals surface area contributed by atoms with Crippen LogP contribution < -0.4 is 4.74 Å². The number of hydrogen-bond acceptors (Lipinski definition) is 4. The molecule has 0 fully saturated rings. The molecule has 0 aliphatic carbocycles. The van der Waals surface area contributed by atoms with Crippen LogP contribution in [-0.2, 0) is 14.6 Å². The molecular weight excluding hydrogens is 372 g/mol. The van der Waals surface area contributed by atoms with Crippen molar-refractivity contribution in [2.24, 2.45) is 0 Å². The fourth-order valence-electron chi connectivity index (χ4n) is 2.52. The highest BCUT2D eigenvalue weighted by molar-refractivity contribution is 7.91. The van der Waals surface area contributed by atoms with Crippen LogP contribution in [0.4, 0.5) is 0 Å². The zero-order chi connectivity index (χ0) is 18.7. The van der Waals surface area contributed by atoms with E-state index in [0.29, 0.717) is 21.9 Å². The maximum atomic E-state index is 12.7. The summed E-state index contributed by atoms with van der Waals surface area (Å²) in [6.45, 7) is 1.31. The molecule has 0 aliphatic heterocycles. The average molecular weight is 387 g/mol. The molecule has 0 aromatic heterocycles. The third-order valence-corrected chi connectivity index (χ3v) is 5.75. The zero-order valence-corrected chi connectivity index (χ0v) is 15.4. The lowest BCUT2D eigenvalue weighted by Crippen LogP contribution is -2.03. The van der Waals surface area contributed by atoms with Crippen LogP contribution in [0, 0.1) is 0 Å². The highest BCUT2D eigenvalue weighted by Gasteiger charge is 2.17. The van der Waals surface area contributed by atoms with E-state index in [4.69, 9.17) is 16.3 Å². The number of benzene rings is 3. The third kappa shape index (κ3) is 3.79. The van der Waals surface area contributed by atoms with Crippen molar-refractivity contribution in [3.05, 3.63) is 77.8 Å². The third-order valence-electron chi connectivity index (χ3n) is 3.72. The Balaban J connectivity index is 2.01. The minimum atomic E-state index is -3.59. The molecule has 0 N–H and O–H groups in total. The normalized spacial score (nSPS) is 11.2. The Morgan fingerprint density at radius 2 is 1.50 bits per heavy atom. The first-order valence-corrected chi connectivity index (χ1v) is 9.62. The van der Waals surface area contributed by atoms with Gasteiger partial charge in [0.25, 0.3) is 0 Å². The minimum Gasteiger partial charge on any atom is -0.426 e. The van der Waals surface area contributed by atoms with Gasteiger partial charge in [0, 0.05) is 17.5 Å². The van der Waals surface area contributed by atoms with Gasteiger partial charge in [0.05, 0.1) is 9.79 Å². The lowest BCUT2D eigenvalue weighted by Gasteiger charge is -2.11. The van der Waals surface area contributed by atoms with Gasteiger partial charge >= 0.3 is 5.97 Å². The van der Waals surface area contributed by atoms with Crippen molar-refractivity contribution in [3.8, 4) is 16.9 Å². The molecule has 0 amide bonds. The lowest BCUT2D eigenvalue weighted by molar-refractivity contribution is -0.131. The molecule has 0 spiro atoms. The van der Waals surface area contributed by atoms with E-state index in [0.717, 1.165) is 0 Å². The van der Waals surface area contributed by atoms with Crippen molar-refractivity contribution in [1.82, 2.24) is 0 Å². The van der Waals surface area contributed by atoms with Gasteiger partial charge in [0.15, 0.2) is 0 Å². The highest BCUT2D eigenvalue weighted by Crippen LogP contribution is 2.34. The Kier molecular flexibility index (Phi) is 5.11. The Morgan fingerprint density at radius 1 is 0.885 bits per heavy atom. The van der Waals surface area contributed by atoms with Gasteiger partial charge in [-0.05, 0) is 48.0 Å². The number of rotatable bonds is 4. The Bertz CT molecular complexity index is 1040. The summed E-state index contributed by atoms with van der Waals surface area (Å²) >= 11 is 6.05. The monoisotopic (exact) mass is 386 g/mol. The van der Waals surface area contributed by atoms with E-state index in [1.54, 1.807) is 60.7 Å². The molecule has 0 saturated carbocycles. The average Bonchev–Trinajstić information content (AvgIpc) is 2.64. The molecule has 3 rings (SSSR count). The van der Waals surface area contributed by atoms with E-state index >= 15 is 0 Å². The summed E-state index contributed by atoms with van der Waals surface area (Å²) in [4.78, 5) is 11.7. The number of sulfone groups is 1. The van der Waals surface area contributed by atoms with Gasteiger partial charge in [-0.15, -0.1) is 0 Å². The zero-order valence-electron chi connectivity index (χ0n) is 13.8. The first-order chi connectivity index (χ1) is 12.4. The molecule has 0 atom stereocenters. The van der Waals surface area contributed by atoms with Crippen molar-refractivity contribution in [1.29, 1.82) is 0 Å². The van der Waals surface area contributed by atoms with Crippen LogP contribution in [0.25, 0.3) is 11.1 Å². The predicted octanol–water partition coefficient (Wildman–Crippen LogP) is 4.77. The van der Waals surface area contributed by atoms with Crippen molar-refractivity contribution < 1.29 is 17.9 Å². The van der Waals surface area contributed by atoms with E-state index in [-0.39, 0.29) is 9.79 Å². The van der Waals surface area contributed by atoms with Crippen molar-refractivity contribution in [2.75, 3.05) is 0 Å². The molecule has 132 valence electrons. The molecule has 0 unspecified atom stereocenters. The summed E-state index contributed by atoms with van der Waals surface area (Å²) in [6.07, 6.45) is 0. The van der Waals surface area contributed by atoms with Crippen LogP contribution in [0.2, 0.25) is 5.02 Å². The molecule has 4 nitrogen and oxygen atoms in total. The molecule has 0 bridgehead atoms. The van der Waals surface area contributed by atoms with Crippen LogP contribution in [0.15, 0.2) is 82.6 Å². The Labute approximate surface area is 156 Å². The lowest BCUT2D eigenvalue weighted by atomic mass is 10.0. The number of halogens is 1. The van der Waals surface area contributed by atoms with Crippen molar-refractivity contribution in [2.45, 2.75) is 16.7 Å². The summed E-state index contributed by atoms with van der Waals surface area (Å²) in [5.74, 6) is -0.0857. The van der Waals surface area contributed by atoms with Crippen LogP contribution in [-0.4, -0.2) is 14.4 Å². The van der Waals surface area contributed by atoms with Crippen LogP contribution in [0.1, 0.15) is 6.92 Å². The van der Waals surface area contributed by atoms with Gasteiger partial charge < -0.3 is 4.74 Å². The minimum absolute atomic E-state index is 0.184. The largest absolute Gasteiger partial charge is 0.426 e. The molecule has 0 aliphatic rings. The van der Waals surface area contributed by atoms with E-state index in [1.165, 1.54) is 19.1 Å². The van der Waals surface area contributed by atoms with Gasteiger partial charge in [-0.2, -0.15) is 0 Å².